The van der Waals surface area contributed by atoms with Crippen molar-refractivity contribution in [2.45, 2.75) is 45.3 Å². The fourth-order valence-corrected chi connectivity index (χ4v) is 4.29. The Morgan fingerprint density at radius 2 is 1.79 bits per heavy atom. The number of aromatic nitrogens is 2. The molecule has 1 aromatic heterocycles. The second-order valence-corrected chi connectivity index (χ2v) is 7.40. The summed E-state index contributed by atoms with van der Waals surface area (Å²) in [6, 6.07) is 6.43. The van der Waals surface area contributed by atoms with Crippen LogP contribution >= 0.6 is 0 Å². The van der Waals surface area contributed by atoms with E-state index in [1.807, 2.05) is 0 Å². The third-order valence-corrected chi connectivity index (χ3v) is 5.70. The molecule has 2 aromatic rings. The maximum atomic E-state index is 13.4. The lowest BCUT2D eigenvalue weighted by Gasteiger charge is -2.19. The number of para-hydroxylation sites is 2. The molecule has 0 unspecified atom stereocenters. The molecule has 29 heavy (non-hydrogen) atoms. The zero-order valence-corrected chi connectivity index (χ0v) is 15.7. The quantitative estimate of drug-likeness (QED) is 0.545. The first kappa shape index (κ1) is 19.5. The van der Waals surface area contributed by atoms with Crippen molar-refractivity contribution in [3.05, 3.63) is 30.1 Å². The highest BCUT2D eigenvalue weighted by atomic mass is 19.3. The van der Waals surface area contributed by atoms with E-state index in [0.29, 0.717) is 18.4 Å². The molecule has 7 nitrogen and oxygen atoms in total. The number of amides is 2. The number of fused-ring (bicyclic) bond motifs is 2. The van der Waals surface area contributed by atoms with Crippen molar-refractivity contribution in [1.82, 2.24) is 14.5 Å². The van der Waals surface area contributed by atoms with Gasteiger partial charge in [0.15, 0.2) is 5.82 Å². The third-order valence-electron chi connectivity index (χ3n) is 5.70. The van der Waals surface area contributed by atoms with Crippen LogP contribution in [0.4, 0.5) is 8.78 Å². The largest absolute Gasteiger partial charge is 0.457 e. The minimum Gasteiger partial charge on any atom is -0.457 e. The number of imide groups is 1. The van der Waals surface area contributed by atoms with Gasteiger partial charge in [0.2, 0.25) is 11.8 Å². The lowest BCUT2D eigenvalue weighted by molar-refractivity contribution is -0.147. The number of hydrogen-bond donors (Lipinski definition) is 0. The van der Waals surface area contributed by atoms with E-state index >= 15 is 0 Å². The second kappa shape index (κ2) is 7.88. The lowest BCUT2D eigenvalue weighted by Crippen LogP contribution is -2.33. The molecule has 2 heterocycles. The summed E-state index contributed by atoms with van der Waals surface area (Å²) in [6.45, 7) is -3.28. The number of ether oxygens (including phenoxy) is 1. The van der Waals surface area contributed by atoms with Gasteiger partial charge in [-0.3, -0.25) is 23.9 Å². The molecule has 2 amide bonds. The van der Waals surface area contributed by atoms with Gasteiger partial charge in [0, 0.05) is 6.54 Å². The third kappa shape index (κ3) is 3.61. The van der Waals surface area contributed by atoms with Gasteiger partial charge in [-0.25, -0.2) is 4.98 Å². The molecule has 1 aliphatic carbocycles. The number of carbonyl (C=O) groups excluding carboxylic acids is 3. The van der Waals surface area contributed by atoms with Gasteiger partial charge in [-0.1, -0.05) is 25.0 Å². The highest BCUT2D eigenvalue weighted by Gasteiger charge is 2.47. The van der Waals surface area contributed by atoms with E-state index in [1.165, 1.54) is 6.07 Å². The van der Waals surface area contributed by atoms with Crippen molar-refractivity contribution in [3.63, 3.8) is 0 Å². The molecule has 154 valence electrons. The number of hydrogen-bond acceptors (Lipinski definition) is 5. The molecule has 9 heteroatoms. The van der Waals surface area contributed by atoms with Crippen LogP contribution in [0.1, 0.15) is 44.5 Å². The van der Waals surface area contributed by atoms with Crippen LogP contribution in [-0.4, -0.2) is 38.8 Å². The Morgan fingerprint density at radius 3 is 2.45 bits per heavy atom. The van der Waals surface area contributed by atoms with E-state index < -0.39 is 19.1 Å². The molecular formula is C20H21F2N3O4. The SMILES string of the molecule is O=C(CCN1C(=O)[C@H]2CCCC[C@H]2C1=O)OCc1nc2ccccc2n1C(F)F. The van der Waals surface area contributed by atoms with E-state index in [4.69, 9.17) is 4.74 Å². The first-order valence-electron chi connectivity index (χ1n) is 9.72. The summed E-state index contributed by atoms with van der Waals surface area (Å²) in [7, 11) is 0. The maximum Gasteiger partial charge on any atom is 0.320 e. The Morgan fingerprint density at radius 1 is 1.14 bits per heavy atom. The predicted molar refractivity (Wildman–Crippen MR) is 97.6 cm³/mol. The summed E-state index contributed by atoms with van der Waals surface area (Å²) < 4.78 is 32.6. The molecule has 0 bridgehead atoms. The number of esters is 1. The molecule has 2 aliphatic rings. The molecule has 0 spiro atoms. The van der Waals surface area contributed by atoms with Crippen LogP contribution in [0.15, 0.2) is 24.3 Å². The summed E-state index contributed by atoms with van der Waals surface area (Å²) in [4.78, 5) is 42.2. The van der Waals surface area contributed by atoms with E-state index in [0.717, 1.165) is 22.3 Å². The Kier molecular flexibility index (Phi) is 5.29. The van der Waals surface area contributed by atoms with Gasteiger partial charge in [-0.15, -0.1) is 0 Å². The Bertz CT molecular complexity index is 934. The van der Waals surface area contributed by atoms with Crippen molar-refractivity contribution in [3.8, 4) is 0 Å². The summed E-state index contributed by atoms with van der Waals surface area (Å²) in [6.07, 6.45) is 3.11. The Hall–Kier alpha value is -2.84. The average Bonchev–Trinajstić information content (AvgIpc) is 3.21. The Balaban J connectivity index is 1.36. The first-order chi connectivity index (χ1) is 14.0. The van der Waals surface area contributed by atoms with Crippen molar-refractivity contribution >= 4 is 28.8 Å². The molecule has 1 saturated heterocycles. The van der Waals surface area contributed by atoms with E-state index in [9.17, 15) is 23.2 Å². The number of halogens is 2. The molecule has 0 N–H and O–H groups in total. The molecule has 1 aromatic carbocycles. The van der Waals surface area contributed by atoms with E-state index in [1.54, 1.807) is 18.2 Å². The summed E-state index contributed by atoms with van der Waals surface area (Å²) in [5.74, 6) is -1.70. The molecule has 1 aliphatic heterocycles. The highest BCUT2D eigenvalue weighted by molar-refractivity contribution is 6.05. The van der Waals surface area contributed by atoms with Crippen LogP contribution < -0.4 is 0 Å². The predicted octanol–water partition coefficient (Wildman–Crippen LogP) is 3.04. The van der Waals surface area contributed by atoms with Crippen LogP contribution in [0.2, 0.25) is 0 Å². The monoisotopic (exact) mass is 405 g/mol. The summed E-state index contributed by atoms with van der Waals surface area (Å²) in [5, 5.41) is 0. The topological polar surface area (TPSA) is 81.5 Å². The zero-order chi connectivity index (χ0) is 20.5. The van der Waals surface area contributed by atoms with Crippen molar-refractivity contribution in [1.29, 1.82) is 0 Å². The number of benzene rings is 1. The normalized spacial score (nSPS) is 21.8. The number of imidazole rings is 1. The van der Waals surface area contributed by atoms with Crippen LogP contribution in [0, 0.1) is 11.8 Å². The Labute approximate surface area is 165 Å². The number of nitrogens with zero attached hydrogens (tertiary/aromatic N) is 3. The zero-order valence-electron chi connectivity index (χ0n) is 15.7. The van der Waals surface area contributed by atoms with Crippen molar-refractivity contribution < 1.29 is 27.9 Å². The van der Waals surface area contributed by atoms with E-state index in [-0.39, 0.29) is 48.0 Å². The van der Waals surface area contributed by atoms with Gasteiger partial charge >= 0.3 is 12.5 Å². The van der Waals surface area contributed by atoms with Crippen molar-refractivity contribution in [2.24, 2.45) is 11.8 Å². The minimum atomic E-state index is -2.82. The number of likely N-dealkylation sites (tertiary alicyclic amines) is 1. The summed E-state index contributed by atoms with van der Waals surface area (Å²) >= 11 is 0. The molecule has 1 saturated carbocycles. The fourth-order valence-electron chi connectivity index (χ4n) is 4.29. The smallest absolute Gasteiger partial charge is 0.320 e. The van der Waals surface area contributed by atoms with Crippen LogP contribution in [0.3, 0.4) is 0 Å². The van der Waals surface area contributed by atoms with Gasteiger partial charge in [-0.05, 0) is 25.0 Å². The average molecular weight is 405 g/mol. The van der Waals surface area contributed by atoms with Crippen molar-refractivity contribution in [2.75, 3.05) is 6.54 Å². The first-order valence-corrected chi connectivity index (χ1v) is 9.72. The molecule has 2 atom stereocenters. The lowest BCUT2D eigenvalue weighted by atomic mass is 9.81. The minimum absolute atomic E-state index is 0.0469. The second-order valence-electron chi connectivity index (χ2n) is 7.40. The number of rotatable bonds is 6. The fraction of sp³-hybridized carbons (Fsp3) is 0.500. The maximum absolute atomic E-state index is 13.4. The van der Waals surface area contributed by atoms with Crippen LogP contribution in [0.25, 0.3) is 11.0 Å². The van der Waals surface area contributed by atoms with Gasteiger partial charge < -0.3 is 4.74 Å². The molecule has 4 rings (SSSR count). The van der Waals surface area contributed by atoms with Crippen LogP contribution in [-0.2, 0) is 25.7 Å². The molecular weight excluding hydrogens is 384 g/mol. The summed E-state index contributed by atoms with van der Waals surface area (Å²) in [5.41, 5.74) is 0.638. The number of carbonyl (C=O) groups is 3. The molecule has 2 fully saturated rings. The van der Waals surface area contributed by atoms with Gasteiger partial charge in [0.1, 0.15) is 6.61 Å². The van der Waals surface area contributed by atoms with Gasteiger partial charge in [0.05, 0.1) is 29.3 Å². The number of alkyl halides is 2. The van der Waals surface area contributed by atoms with Gasteiger partial charge in [0.25, 0.3) is 0 Å². The van der Waals surface area contributed by atoms with E-state index in [2.05, 4.69) is 4.98 Å². The van der Waals surface area contributed by atoms with Crippen LogP contribution in [0.5, 0.6) is 0 Å². The standard InChI is InChI=1S/C20H21F2N3O4/c21-20(22)25-15-8-4-3-7-14(15)23-16(25)11-29-17(26)9-10-24-18(27)12-5-1-2-6-13(12)19(24)28/h3-4,7-8,12-13,20H,1-2,5-6,9-11H2/t12-,13+. The van der Waals surface area contributed by atoms with Gasteiger partial charge in [-0.2, -0.15) is 8.78 Å². The highest BCUT2D eigenvalue weighted by Crippen LogP contribution is 2.38. The molecule has 0 radical (unpaired) electrons.